The summed E-state index contributed by atoms with van der Waals surface area (Å²) in [5.41, 5.74) is 0.264. The van der Waals surface area contributed by atoms with Crippen molar-refractivity contribution >= 4 is 21.8 Å². The molecule has 0 spiro atoms. The van der Waals surface area contributed by atoms with E-state index in [9.17, 15) is 9.90 Å². The van der Waals surface area contributed by atoms with Gasteiger partial charge in [0.05, 0.1) is 12.2 Å². The van der Waals surface area contributed by atoms with Gasteiger partial charge in [0.25, 0.3) is 5.91 Å². The van der Waals surface area contributed by atoms with Gasteiger partial charge in [-0.3, -0.25) is 4.79 Å². The number of benzene rings is 1. The quantitative estimate of drug-likeness (QED) is 0.814. The molecule has 0 atom stereocenters. The summed E-state index contributed by atoms with van der Waals surface area (Å²) in [4.78, 5) is 11.6. The molecule has 0 aliphatic rings. The van der Waals surface area contributed by atoms with Crippen molar-refractivity contribution in [3.05, 3.63) is 28.2 Å². The van der Waals surface area contributed by atoms with Crippen LogP contribution in [0.15, 0.2) is 22.7 Å². The maximum atomic E-state index is 11.6. The zero-order valence-corrected chi connectivity index (χ0v) is 10.6. The molecule has 16 heavy (non-hydrogen) atoms. The highest BCUT2D eigenvalue weighted by molar-refractivity contribution is 9.10. The molecule has 0 bridgehead atoms. The minimum absolute atomic E-state index is 0.0386. The SMILES string of the molecule is CCOCCNC(=O)c1ccc(Br)cc1O. The zero-order chi connectivity index (χ0) is 12.0. The third-order valence-corrected chi connectivity index (χ3v) is 2.43. The molecule has 0 radical (unpaired) electrons. The van der Waals surface area contributed by atoms with E-state index in [-0.39, 0.29) is 17.2 Å². The second-order valence-corrected chi connectivity index (χ2v) is 4.03. The summed E-state index contributed by atoms with van der Waals surface area (Å²) < 4.78 is 5.82. The maximum absolute atomic E-state index is 11.6. The Morgan fingerprint density at radius 1 is 1.56 bits per heavy atom. The van der Waals surface area contributed by atoms with E-state index in [0.717, 1.165) is 4.47 Å². The molecule has 1 aromatic carbocycles. The minimum atomic E-state index is -0.301. The highest BCUT2D eigenvalue weighted by Crippen LogP contribution is 2.21. The lowest BCUT2D eigenvalue weighted by atomic mass is 10.2. The van der Waals surface area contributed by atoms with E-state index in [1.54, 1.807) is 12.1 Å². The Hall–Kier alpha value is -1.07. The third kappa shape index (κ3) is 3.83. The summed E-state index contributed by atoms with van der Waals surface area (Å²) >= 11 is 3.21. The van der Waals surface area contributed by atoms with Gasteiger partial charge in [-0.1, -0.05) is 15.9 Å². The molecule has 0 unspecified atom stereocenters. The van der Waals surface area contributed by atoms with E-state index >= 15 is 0 Å². The second-order valence-electron chi connectivity index (χ2n) is 3.11. The van der Waals surface area contributed by atoms with Crippen LogP contribution in [-0.2, 0) is 4.74 Å². The maximum Gasteiger partial charge on any atom is 0.255 e. The highest BCUT2D eigenvalue weighted by atomic mass is 79.9. The summed E-state index contributed by atoms with van der Waals surface area (Å²) in [6.45, 7) is 3.42. The average molecular weight is 288 g/mol. The number of rotatable bonds is 5. The van der Waals surface area contributed by atoms with Gasteiger partial charge in [-0.05, 0) is 25.1 Å². The van der Waals surface area contributed by atoms with E-state index < -0.39 is 0 Å². The lowest BCUT2D eigenvalue weighted by Crippen LogP contribution is -2.27. The van der Waals surface area contributed by atoms with Crippen molar-refractivity contribution in [2.45, 2.75) is 6.92 Å². The number of carbonyl (C=O) groups is 1. The molecule has 1 rings (SSSR count). The lowest BCUT2D eigenvalue weighted by molar-refractivity contribution is 0.0920. The molecule has 88 valence electrons. The van der Waals surface area contributed by atoms with E-state index in [4.69, 9.17) is 4.74 Å². The van der Waals surface area contributed by atoms with Gasteiger partial charge >= 0.3 is 0 Å². The third-order valence-electron chi connectivity index (χ3n) is 1.94. The largest absolute Gasteiger partial charge is 0.507 e. The molecule has 1 aromatic rings. The van der Waals surface area contributed by atoms with Gasteiger partial charge in [-0.25, -0.2) is 0 Å². The molecule has 0 fully saturated rings. The van der Waals surface area contributed by atoms with Crippen molar-refractivity contribution in [1.82, 2.24) is 5.32 Å². The van der Waals surface area contributed by atoms with Gasteiger partial charge < -0.3 is 15.2 Å². The van der Waals surface area contributed by atoms with Gasteiger partial charge in [-0.2, -0.15) is 0 Å². The minimum Gasteiger partial charge on any atom is -0.507 e. The molecule has 0 saturated heterocycles. The summed E-state index contributed by atoms with van der Waals surface area (Å²) in [5, 5.41) is 12.2. The molecular weight excluding hydrogens is 274 g/mol. The fourth-order valence-corrected chi connectivity index (χ4v) is 1.52. The summed E-state index contributed by atoms with van der Waals surface area (Å²) in [5.74, 6) is -0.340. The van der Waals surface area contributed by atoms with Crippen LogP contribution in [0, 0.1) is 0 Å². The van der Waals surface area contributed by atoms with Gasteiger partial charge in [0, 0.05) is 17.6 Å². The molecular formula is C11H14BrNO3. The number of hydrogen-bond acceptors (Lipinski definition) is 3. The summed E-state index contributed by atoms with van der Waals surface area (Å²) in [6.07, 6.45) is 0. The molecule has 0 saturated carbocycles. The highest BCUT2D eigenvalue weighted by Gasteiger charge is 2.10. The predicted octanol–water partition coefficient (Wildman–Crippen LogP) is 1.92. The molecule has 4 nitrogen and oxygen atoms in total. The van der Waals surface area contributed by atoms with Crippen molar-refractivity contribution in [1.29, 1.82) is 0 Å². The number of phenols is 1. The zero-order valence-electron chi connectivity index (χ0n) is 9.00. The van der Waals surface area contributed by atoms with E-state index in [0.29, 0.717) is 19.8 Å². The first-order valence-corrected chi connectivity index (χ1v) is 5.79. The van der Waals surface area contributed by atoms with Crippen LogP contribution in [-0.4, -0.2) is 30.8 Å². The number of carbonyl (C=O) groups excluding carboxylic acids is 1. The Bertz CT molecular complexity index is 368. The number of ether oxygens (including phenoxy) is 1. The van der Waals surface area contributed by atoms with Crippen LogP contribution in [0.2, 0.25) is 0 Å². The van der Waals surface area contributed by atoms with E-state index in [2.05, 4.69) is 21.2 Å². The smallest absolute Gasteiger partial charge is 0.255 e. The van der Waals surface area contributed by atoms with Gasteiger partial charge in [0.1, 0.15) is 5.75 Å². The van der Waals surface area contributed by atoms with Gasteiger partial charge in [0.15, 0.2) is 0 Å². The average Bonchev–Trinajstić information content (AvgIpc) is 2.24. The second kappa shape index (κ2) is 6.50. The topological polar surface area (TPSA) is 58.6 Å². The van der Waals surface area contributed by atoms with Crippen molar-refractivity contribution in [3.8, 4) is 5.75 Å². The van der Waals surface area contributed by atoms with E-state index in [1.165, 1.54) is 6.07 Å². The van der Waals surface area contributed by atoms with Crippen molar-refractivity contribution in [3.63, 3.8) is 0 Å². The van der Waals surface area contributed by atoms with Crippen LogP contribution in [0.4, 0.5) is 0 Å². The number of halogens is 1. The molecule has 0 aromatic heterocycles. The first-order valence-electron chi connectivity index (χ1n) is 4.99. The normalized spacial score (nSPS) is 10.1. The fraction of sp³-hybridized carbons (Fsp3) is 0.364. The standard InChI is InChI=1S/C11H14BrNO3/c1-2-16-6-5-13-11(15)9-4-3-8(12)7-10(9)14/h3-4,7,14H,2,5-6H2,1H3,(H,13,15). The van der Waals surface area contributed by atoms with Crippen molar-refractivity contribution < 1.29 is 14.6 Å². The van der Waals surface area contributed by atoms with Crippen LogP contribution in [0.5, 0.6) is 5.75 Å². The Balaban J connectivity index is 2.53. The van der Waals surface area contributed by atoms with Crippen LogP contribution >= 0.6 is 15.9 Å². The molecule has 5 heteroatoms. The Labute approximate surface area is 103 Å². The molecule has 2 N–H and O–H groups in total. The van der Waals surface area contributed by atoms with E-state index in [1.807, 2.05) is 6.92 Å². The number of nitrogens with one attached hydrogen (secondary N) is 1. The van der Waals surface area contributed by atoms with Crippen LogP contribution < -0.4 is 5.32 Å². The molecule has 0 aliphatic heterocycles. The van der Waals surface area contributed by atoms with Crippen molar-refractivity contribution in [2.24, 2.45) is 0 Å². The fourth-order valence-electron chi connectivity index (χ4n) is 1.17. The van der Waals surface area contributed by atoms with Crippen LogP contribution in [0.25, 0.3) is 0 Å². The summed E-state index contributed by atoms with van der Waals surface area (Å²) in [7, 11) is 0. The number of amides is 1. The number of phenolic OH excluding ortho intramolecular Hbond substituents is 1. The Morgan fingerprint density at radius 3 is 2.94 bits per heavy atom. The Kier molecular flexibility index (Phi) is 5.28. The predicted molar refractivity (Wildman–Crippen MR) is 64.6 cm³/mol. The van der Waals surface area contributed by atoms with Crippen molar-refractivity contribution in [2.75, 3.05) is 19.8 Å². The van der Waals surface area contributed by atoms with Crippen LogP contribution in [0.3, 0.4) is 0 Å². The van der Waals surface area contributed by atoms with Gasteiger partial charge in [-0.15, -0.1) is 0 Å². The number of aromatic hydroxyl groups is 1. The monoisotopic (exact) mass is 287 g/mol. The molecule has 0 aliphatic carbocycles. The Morgan fingerprint density at radius 2 is 2.31 bits per heavy atom. The summed E-state index contributed by atoms with van der Waals surface area (Å²) in [6, 6.07) is 4.75. The van der Waals surface area contributed by atoms with Crippen LogP contribution in [0.1, 0.15) is 17.3 Å². The first kappa shape index (κ1) is 13.0. The van der Waals surface area contributed by atoms with Gasteiger partial charge in [0.2, 0.25) is 0 Å². The first-order chi connectivity index (χ1) is 7.65. The lowest BCUT2D eigenvalue weighted by Gasteiger charge is -2.07. The molecule has 1 amide bonds. The number of hydrogen-bond donors (Lipinski definition) is 2. The molecule has 0 heterocycles.